The summed E-state index contributed by atoms with van der Waals surface area (Å²) in [6.45, 7) is 5.70. The molecule has 2 heterocycles. The molecule has 5 heteroatoms. The Bertz CT molecular complexity index is 492. The second-order valence-corrected chi connectivity index (χ2v) is 4.02. The third kappa shape index (κ3) is 2.73. The number of nitrogens with one attached hydrogen (secondary N) is 1. The molecule has 0 spiro atoms. The van der Waals surface area contributed by atoms with Crippen LogP contribution < -0.4 is 5.32 Å². The van der Waals surface area contributed by atoms with Crippen LogP contribution in [0.4, 0.5) is 4.39 Å². The van der Waals surface area contributed by atoms with Crippen LogP contribution >= 0.6 is 0 Å². The minimum atomic E-state index is -0.321. The van der Waals surface area contributed by atoms with Gasteiger partial charge in [-0.25, -0.2) is 4.39 Å². The summed E-state index contributed by atoms with van der Waals surface area (Å²) in [5, 5.41) is 7.59. The van der Waals surface area contributed by atoms with Crippen LogP contribution in [-0.4, -0.2) is 21.3 Å². The topological polar surface area (TPSA) is 42.7 Å². The predicted octanol–water partition coefficient (Wildman–Crippen LogP) is 2.14. The summed E-state index contributed by atoms with van der Waals surface area (Å²) < 4.78 is 14.8. The molecule has 0 fully saturated rings. The summed E-state index contributed by atoms with van der Waals surface area (Å²) in [7, 11) is 0. The normalized spacial score (nSPS) is 12.6. The Morgan fingerprint density at radius 1 is 1.33 bits per heavy atom. The second kappa shape index (κ2) is 5.73. The van der Waals surface area contributed by atoms with Gasteiger partial charge in [0.15, 0.2) is 0 Å². The number of aromatic nitrogens is 3. The van der Waals surface area contributed by atoms with Gasteiger partial charge in [0.25, 0.3) is 0 Å². The highest BCUT2D eigenvalue weighted by Crippen LogP contribution is 2.19. The summed E-state index contributed by atoms with van der Waals surface area (Å²) in [5.74, 6) is -0.321. The highest BCUT2D eigenvalue weighted by atomic mass is 19.1. The van der Waals surface area contributed by atoms with E-state index in [-0.39, 0.29) is 11.9 Å². The lowest BCUT2D eigenvalue weighted by Gasteiger charge is -2.15. The van der Waals surface area contributed by atoms with E-state index in [9.17, 15) is 4.39 Å². The van der Waals surface area contributed by atoms with Gasteiger partial charge in [0.1, 0.15) is 5.82 Å². The second-order valence-electron chi connectivity index (χ2n) is 4.02. The average molecular weight is 248 g/mol. The first-order chi connectivity index (χ1) is 8.74. The number of hydrogen-bond acceptors (Lipinski definition) is 3. The lowest BCUT2D eigenvalue weighted by Crippen LogP contribution is -2.22. The molecule has 2 aromatic heterocycles. The van der Waals surface area contributed by atoms with E-state index in [0.29, 0.717) is 0 Å². The van der Waals surface area contributed by atoms with Crippen LogP contribution in [0.25, 0.3) is 0 Å². The number of pyridine rings is 1. The zero-order valence-electron chi connectivity index (χ0n) is 10.6. The van der Waals surface area contributed by atoms with Crippen LogP contribution in [-0.2, 0) is 6.54 Å². The zero-order chi connectivity index (χ0) is 13.0. The maximum atomic E-state index is 12.9. The molecular weight excluding hydrogens is 231 g/mol. The first-order valence-corrected chi connectivity index (χ1v) is 6.11. The van der Waals surface area contributed by atoms with Gasteiger partial charge in [-0.1, -0.05) is 6.92 Å². The molecule has 0 bridgehead atoms. The lowest BCUT2D eigenvalue weighted by atomic mass is 10.1. The molecule has 0 amide bonds. The van der Waals surface area contributed by atoms with Gasteiger partial charge in [-0.15, -0.1) is 0 Å². The van der Waals surface area contributed by atoms with Crippen LogP contribution in [0.15, 0.2) is 30.7 Å². The van der Waals surface area contributed by atoms with Gasteiger partial charge in [-0.3, -0.25) is 9.67 Å². The maximum Gasteiger partial charge on any atom is 0.141 e. The Hall–Kier alpha value is -1.75. The quantitative estimate of drug-likeness (QED) is 0.881. The third-order valence-electron chi connectivity index (χ3n) is 2.76. The number of hydrogen-bond donors (Lipinski definition) is 1. The van der Waals surface area contributed by atoms with Crippen molar-refractivity contribution in [1.29, 1.82) is 0 Å². The molecule has 4 nitrogen and oxygen atoms in total. The van der Waals surface area contributed by atoms with Gasteiger partial charge < -0.3 is 5.32 Å². The lowest BCUT2D eigenvalue weighted by molar-refractivity contribution is 0.593. The van der Waals surface area contributed by atoms with Gasteiger partial charge in [-0.2, -0.15) is 5.10 Å². The van der Waals surface area contributed by atoms with Gasteiger partial charge in [0.2, 0.25) is 0 Å². The van der Waals surface area contributed by atoms with Gasteiger partial charge in [-0.05, 0) is 25.6 Å². The van der Waals surface area contributed by atoms with Crippen LogP contribution in [0.1, 0.15) is 31.1 Å². The molecule has 1 N–H and O–H groups in total. The van der Waals surface area contributed by atoms with Gasteiger partial charge >= 0.3 is 0 Å². The Labute approximate surface area is 106 Å². The molecule has 0 aliphatic carbocycles. The van der Waals surface area contributed by atoms with Crippen molar-refractivity contribution in [1.82, 2.24) is 20.1 Å². The minimum absolute atomic E-state index is 0.0455. The molecule has 0 aliphatic heterocycles. The molecule has 96 valence electrons. The van der Waals surface area contributed by atoms with E-state index >= 15 is 0 Å². The molecule has 2 rings (SSSR count). The standard InChI is InChI=1S/C13H17FN4/c1-3-15-13(10-7-17-18(4-2)9-10)12-6-5-11(14)8-16-12/h5-9,13,15H,3-4H2,1-2H3. The average Bonchev–Trinajstić information content (AvgIpc) is 2.86. The summed E-state index contributed by atoms with van der Waals surface area (Å²) in [5.41, 5.74) is 1.84. The molecule has 0 aliphatic rings. The van der Waals surface area contributed by atoms with Crippen LogP contribution in [0.3, 0.4) is 0 Å². The summed E-state index contributed by atoms with van der Waals surface area (Å²) in [4.78, 5) is 4.13. The Morgan fingerprint density at radius 2 is 2.17 bits per heavy atom. The molecule has 18 heavy (non-hydrogen) atoms. The fourth-order valence-electron chi connectivity index (χ4n) is 1.86. The highest BCUT2D eigenvalue weighted by Gasteiger charge is 2.16. The first-order valence-electron chi connectivity index (χ1n) is 6.11. The molecular formula is C13H17FN4. The number of halogens is 1. The first kappa shape index (κ1) is 12.7. The van der Waals surface area contributed by atoms with Crippen LogP contribution in [0.2, 0.25) is 0 Å². The maximum absolute atomic E-state index is 12.9. The number of nitrogens with zero attached hydrogens (tertiary/aromatic N) is 3. The van der Waals surface area contributed by atoms with Crippen molar-refractivity contribution in [2.45, 2.75) is 26.4 Å². The number of aryl methyl sites for hydroxylation is 1. The van der Waals surface area contributed by atoms with Gasteiger partial charge in [0, 0.05) is 18.3 Å². The minimum Gasteiger partial charge on any atom is -0.305 e. The van der Waals surface area contributed by atoms with Gasteiger partial charge in [0.05, 0.1) is 24.1 Å². The highest BCUT2D eigenvalue weighted by molar-refractivity contribution is 5.23. The van der Waals surface area contributed by atoms with Crippen molar-refractivity contribution in [2.75, 3.05) is 6.54 Å². The van der Waals surface area contributed by atoms with Crippen molar-refractivity contribution < 1.29 is 4.39 Å². The van der Waals surface area contributed by atoms with Crippen molar-refractivity contribution >= 4 is 0 Å². The molecule has 0 saturated heterocycles. The third-order valence-corrected chi connectivity index (χ3v) is 2.76. The van der Waals surface area contributed by atoms with Crippen LogP contribution in [0.5, 0.6) is 0 Å². The van der Waals surface area contributed by atoms with E-state index in [1.54, 1.807) is 6.07 Å². The molecule has 1 atom stereocenters. The van der Waals surface area contributed by atoms with E-state index < -0.39 is 0 Å². The van der Waals surface area contributed by atoms with E-state index in [2.05, 4.69) is 15.4 Å². The zero-order valence-corrected chi connectivity index (χ0v) is 10.6. The Balaban J connectivity index is 2.29. The van der Waals surface area contributed by atoms with E-state index in [4.69, 9.17) is 0 Å². The summed E-state index contributed by atoms with van der Waals surface area (Å²) in [6, 6.07) is 3.08. The van der Waals surface area contributed by atoms with Crippen molar-refractivity contribution in [3.63, 3.8) is 0 Å². The fraction of sp³-hybridized carbons (Fsp3) is 0.385. The Kier molecular flexibility index (Phi) is 4.04. The summed E-state index contributed by atoms with van der Waals surface area (Å²) >= 11 is 0. The number of rotatable bonds is 5. The Morgan fingerprint density at radius 3 is 2.72 bits per heavy atom. The van der Waals surface area contributed by atoms with E-state index in [1.165, 1.54) is 12.3 Å². The van der Waals surface area contributed by atoms with E-state index in [0.717, 1.165) is 24.3 Å². The molecule has 0 aromatic carbocycles. The molecule has 1 unspecified atom stereocenters. The van der Waals surface area contributed by atoms with Crippen molar-refractivity contribution in [3.05, 3.63) is 47.8 Å². The van der Waals surface area contributed by atoms with Crippen molar-refractivity contribution in [3.8, 4) is 0 Å². The monoisotopic (exact) mass is 248 g/mol. The summed E-state index contributed by atoms with van der Waals surface area (Å²) in [6.07, 6.45) is 5.05. The molecule has 2 aromatic rings. The van der Waals surface area contributed by atoms with Crippen molar-refractivity contribution in [2.24, 2.45) is 0 Å². The van der Waals surface area contributed by atoms with Crippen LogP contribution in [0, 0.1) is 5.82 Å². The fourth-order valence-corrected chi connectivity index (χ4v) is 1.86. The molecule has 0 radical (unpaired) electrons. The smallest absolute Gasteiger partial charge is 0.141 e. The largest absolute Gasteiger partial charge is 0.305 e. The molecule has 0 saturated carbocycles. The SMILES string of the molecule is CCNC(c1cnn(CC)c1)c1ccc(F)cn1. The van der Waals surface area contributed by atoms with E-state index in [1.807, 2.05) is 30.9 Å². The predicted molar refractivity (Wildman–Crippen MR) is 67.6 cm³/mol.